The Labute approximate surface area is 188 Å². The van der Waals surface area contributed by atoms with Crippen molar-refractivity contribution in [1.82, 2.24) is 4.90 Å². The van der Waals surface area contributed by atoms with Crippen molar-refractivity contribution in [2.75, 3.05) is 33.4 Å². The van der Waals surface area contributed by atoms with Crippen LogP contribution in [0.4, 0.5) is 0 Å². The van der Waals surface area contributed by atoms with Crippen LogP contribution in [0.3, 0.4) is 0 Å². The molecule has 0 aromatic carbocycles. The fourth-order valence-corrected chi connectivity index (χ4v) is 3.68. The van der Waals surface area contributed by atoms with Gasteiger partial charge in [-0.05, 0) is 13.0 Å². The van der Waals surface area contributed by atoms with Crippen LogP contribution in [0.15, 0.2) is 12.2 Å². The molecule has 3 nitrogen and oxygen atoms in total. The summed E-state index contributed by atoms with van der Waals surface area (Å²) >= 11 is 0. The Morgan fingerprint density at radius 1 is 0.759 bits per heavy atom. The maximum absolute atomic E-state index is 8.91. The average Bonchev–Trinajstić information content (AvgIpc) is 2.71. The summed E-state index contributed by atoms with van der Waals surface area (Å²) in [7, 11) is 1.73. The molecule has 0 N–H and O–H groups in total. The molecule has 0 atom stereocenters. The summed E-state index contributed by atoms with van der Waals surface area (Å²) in [5, 5.41) is 8.91. The molecule has 0 fully saturated rings. The second-order valence-electron chi connectivity index (χ2n) is 8.29. The Hall–Kier alpha value is -0.560. The third kappa shape index (κ3) is 23.6. The summed E-state index contributed by atoms with van der Waals surface area (Å²) in [4.78, 5) is 2.29. The van der Waals surface area contributed by atoms with Gasteiger partial charge >= 0.3 is 0 Å². The second-order valence-corrected chi connectivity index (χ2v) is 8.29. The summed E-state index contributed by atoms with van der Waals surface area (Å²) in [6, 6.07) is 2.15. The normalized spacial score (nSPS) is 10.7. The van der Waals surface area contributed by atoms with E-state index in [1.807, 2.05) is 0 Å². The van der Waals surface area contributed by atoms with Crippen molar-refractivity contribution < 1.29 is 4.74 Å². The smallest absolute Gasteiger partial charge is 0.0954 e. The highest BCUT2D eigenvalue weighted by molar-refractivity contribution is 5.85. The third-order valence-electron chi connectivity index (χ3n) is 5.51. The summed E-state index contributed by atoms with van der Waals surface area (Å²) in [5.41, 5.74) is 0.646. The Bertz CT molecular complexity index is 382. The first-order valence-electron chi connectivity index (χ1n) is 12.0. The van der Waals surface area contributed by atoms with E-state index in [-0.39, 0.29) is 12.4 Å². The topological polar surface area (TPSA) is 36.3 Å². The highest BCUT2D eigenvalue weighted by Crippen LogP contribution is 2.14. The van der Waals surface area contributed by atoms with E-state index in [0.29, 0.717) is 12.1 Å². The minimum absolute atomic E-state index is 0. The van der Waals surface area contributed by atoms with Gasteiger partial charge in [0, 0.05) is 25.8 Å². The number of nitrogens with zero attached hydrogens (tertiary/aromatic N) is 2. The van der Waals surface area contributed by atoms with Gasteiger partial charge in [0.15, 0.2) is 0 Å². The molecule has 0 aliphatic heterocycles. The number of methoxy groups -OCH3 is 1. The third-order valence-corrected chi connectivity index (χ3v) is 5.51. The van der Waals surface area contributed by atoms with Crippen LogP contribution in [0, 0.1) is 11.3 Å². The van der Waals surface area contributed by atoms with Crippen molar-refractivity contribution in [3.63, 3.8) is 0 Å². The van der Waals surface area contributed by atoms with E-state index >= 15 is 0 Å². The van der Waals surface area contributed by atoms with Crippen molar-refractivity contribution in [3.05, 3.63) is 12.2 Å². The Morgan fingerprint density at radius 2 is 1.17 bits per heavy atom. The standard InChI is InChI=1S/C25H48N2O.ClH/c1-4-5-6-7-8-9-10-11-12-13-14-15-16-17-18-19-20-27(21-22-28-3)24-25(2)23-26;/h2,4-22,24H2,1,3H3;1H. The van der Waals surface area contributed by atoms with Crippen LogP contribution in [0.2, 0.25) is 0 Å². The minimum atomic E-state index is 0. The molecule has 0 radical (unpaired) electrons. The first-order valence-corrected chi connectivity index (χ1v) is 12.0. The minimum Gasteiger partial charge on any atom is -0.383 e. The zero-order valence-electron chi connectivity index (χ0n) is 19.6. The fraction of sp³-hybridized carbons (Fsp3) is 0.880. The number of halogens is 1. The molecule has 29 heavy (non-hydrogen) atoms. The predicted molar refractivity (Wildman–Crippen MR) is 130 cm³/mol. The fourth-order valence-electron chi connectivity index (χ4n) is 3.68. The largest absolute Gasteiger partial charge is 0.383 e. The molecule has 0 aromatic rings. The van der Waals surface area contributed by atoms with Gasteiger partial charge in [-0.25, -0.2) is 0 Å². The van der Waals surface area contributed by atoms with E-state index in [1.165, 1.54) is 103 Å². The van der Waals surface area contributed by atoms with Crippen LogP contribution < -0.4 is 0 Å². The highest BCUT2D eigenvalue weighted by Gasteiger charge is 2.06. The molecule has 0 amide bonds. The number of ether oxygens (including phenoxy) is 1. The van der Waals surface area contributed by atoms with E-state index in [1.54, 1.807) is 7.11 Å². The van der Waals surface area contributed by atoms with Crippen LogP contribution >= 0.6 is 12.4 Å². The van der Waals surface area contributed by atoms with Gasteiger partial charge in [0.25, 0.3) is 0 Å². The molecule has 172 valence electrons. The predicted octanol–water partition coefficient (Wildman–Crippen LogP) is 7.70. The number of nitriles is 1. The van der Waals surface area contributed by atoms with Gasteiger partial charge in [0.1, 0.15) is 0 Å². The van der Waals surface area contributed by atoms with Gasteiger partial charge < -0.3 is 4.74 Å². The number of hydrogen-bond acceptors (Lipinski definition) is 3. The summed E-state index contributed by atoms with van der Waals surface area (Å²) in [6.45, 7) is 9.42. The van der Waals surface area contributed by atoms with Crippen molar-refractivity contribution in [2.45, 2.75) is 110 Å². The molecular weight excluding hydrogens is 380 g/mol. The van der Waals surface area contributed by atoms with Gasteiger partial charge in [-0.3, -0.25) is 4.90 Å². The molecule has 0 unspecified atom stereocenters. The molecule has 0 spiro atoms. The van der Waals surface area contributed by atoms with Crippen LogP contribution in [-0.2, 0) is 4.74 Å². The lowest BCUT2D eigenvalue weighted by molar-refractivity contribution is 0.152. The maximum atomic E-state index is 8.91. The van der Waals surface area contributed by atoms with E-state index < -0.39 is 0 Å². The zero-order valence-corrected chi connectivity index (χ0v) is 20.4. The quantitative estimate of drug-likeness (QED) is 0.131. The molecule has 0 aliphatic rings. The first-order chi connectivity index (χ1) is 13.7. The van der Waals surface area contributed by atoms with Crippen LogP contribution in [-0.4, -0.2) is 38.3 Å². The van der Waals surface area contributed by atoms with E-state index in [4.69, 9.17) is 10.00 Å². The lowest BCUT2D eigenvalue weighted by Gasteiger charge is -2.21. The average molecular weight is 429 g/mol. The zero-order chi connectivity index (χ0) is 20.7. The Balaban J connectivity index is 0. The van der Waals surface area contributed by atoms with E-state index in [9.17, 15) is 0 Å². The summed E-state index contributed by atoms with van der Waals surface area (Å²) < 4.78 is 5.17. The molecular formula is C25H49ClN2O. The Kier molecular flexibility index (Phi) is 26.9. The molecule has 0 saturated heterocycles. The highest BCUT2D eigenvalue weighted by atomic mass is 35.5. The molecule has 0 saturated carbocycles. The number of hydrogen-bond donors (Lipinski definition) is 0. The van der Waals surface area contributed by atoms with Gasteiger partial charge in [0.05, 0.1) is 12.7 Å². The van der Waals surface area contributed by atoms with Crippen molar-refractivity contribution >= 4 is 12.4 Å². The van der Waals surface area contributed by atoms with Crippen LogP contribution in [0.5, 0.6) is 0 Å². The van der Waals surface area contributed by atoms with Gasteiger partial charge in [-0.2, -0.15) is 5.26 Å². The van der Waals surface area contributed by atoms with Crippen LogP contribution in [0.1, 0.15) is 110 Å². The molecule has 0 rings (SSSR count). The van der Waals surface area contributed by atoms with Gasteiger partial charge in [0.2, 0.25) is 0 Å². The molecule has 0 bridgehead atoms. The van der Waals surface area contributed by atoms with Crippen molar-refractivity contribution in [3.8, 4) is 6.07 Å². The van der Waals surface area contributed by atoms with Gasteiger partial charge in [-0.1, -0.05) is 110 Å². The molecule has 4 heteroatoms. The summed E-state index contributed by atoms with van der Waals surface area (Å²) in [5.74, 6) is 0. The lowest BCUT2D eigenvalue weighted by atomic mass is 10.0. The molecule has 0 aliphatic carbocycles. The van der Waals surface area contributed by atoms with Crippen LogP contribution in [0.25, 0.3) is 0 Å². The maximum Gasteiger partial charge on any atom is 0.0954 e. The molecule has 0 heterocycles. The van der Waals surface area contributed by atoms with E-state index in [2.05, 4.69) is 24.5 Å². The molecule has 0 aromatic heterocycles. The number of unbranched alkanes of at least 4 members (excludes halogenated alkanes) is 15. The summed E-state index contributed by atoms with van der Waals surface area (Å²) in [6.07, 6.45) is 22.4. The van der Waals surface area contributed by atoms with Crippen molar-refractivity contribution in [2.24, 2.45) is 0 Å². The Morgan fingerprint density at radius 3 is 1.55 bits per heavy atom. The second kappa shape index (κ2) is 25.5. The monoisotopic (exact) mass is 428 g/mol. The SMILES string of the molecule is C=C(C#N)CN(CCCCCCCCCCCCCCCCCC)CCOC.Cl. The first kappa shape index (κ1) is 30.6. The number of rotatable bonds is 22. The van der Waals surface area contributed by atoms with Crippen molar-refractivity contribution in [1.29, 1.82) is 5.26 Å². The lowest BCUT2D eigenvalue weighted by Crippen LogP contribution is -2.30. The van der Waals surface area contributed by atoms with E-state index in [0.717, 1.165) is 19.7 Å². The van der Waals surface area contributed by atoms with Gasteiger partial charge in [-0.15, -0.1) is 12.4 Å².